The number of fused-ring (bicyclic) bond motifs is 1. The van der Waals surface area contributed by atoms with Crippen LogP contribution in [0.25, 0.3) is 11.0 Å². The number of hydrogen-bond donors (Lipinski definition) is 3. The highest BCUT2D eigenvalue weighted by atomic mass is 19.4. The van der Waals surface area contributed by atoms with Crippen LogP contribution in [-0.2, 0) is 0 Å². The minimum absolute atomic E-state index is 0.0142. The molecule has 1 saturated heterocycles. The monoisotopic (exact) mass is 471 g/mol. The van der Waals surface area contributed by atoms with Crippen molar-refractivity contribution in [2.24, 2.45) is 0 Å². The van der Waals surface area contributed by atoms with Gasteiger partial charge in [-0.2, -0.15) is 13.2 Å². The molecule has 3 atom stereocenters. The van der Waals surface area contributed by atoms with Crippen molar-refractivity contribution in [2.45, 2.75) is 38.2 Å². The van der Waals surface area contributed by atoms with Crippen LogP contribution in [-0.4, -0.2) is 46.0 Å². The van der Waals surface area contributed by atoms with Crippen LogP contribution in [0.5, 0.6) is 0 Å². The largest absolute Gasteiger partial charge is 0.455 e. The van der Waals surface area contributed by atoms with Gasteiger partial charge in [0.15, 0.2) is 17.4 Å². The maximum Gasteiger partial charge on any atom is 0.416 e. The van der Waals surface area contributed by atoms with Gasteiger partial charge in [-0.25, -0.2) is 23.5 Å². The lowest BCUT2D eigenvalue weighted by Gasteiger charge is -2.43. The lowest BCUT2D eigenvalue weighted by atomic mass is 10.0. The Bertz CT molecular complexity index is 1200. The Hall–Kier alpha value is -3.48. The fourth-order valence-electron chi connectivity index (χ4n) is 3.52. The number of urea groups is 1. The van der Waals surface area contributed by atoms with Gasteiger partial charge in [0.1, 0.15) is 11.6 Å². The van der Waals surface area contributed by atoms with Crippen molar-refractivity contribution in [1.82, 2.24) is 15.3 Å². The van der Waals surface area contributed by atoms with Gasteiger partial charge in [0, 0.05) is 23.6 Å². The number of aliphatic hydroxyl groups is 1. The van der Waals surface area contributed by atoms with Crippen molar-refractivity contribution < 1.29 is 36.3 Å². The molecular formula is C20H18F5N5O3. The van der Waals surface area contributed by atoms with Gasteiger partial charge in [0.2, 0.25) is 5.95 Å². The van der Waals surface area contributed by atoms with E-state index in [4.69, 9.17) is 4.42 Å². The van der Waals surface area contributed by atoms with Gasteiger partial charge in [-0.05, 0) is 19.9 Å². The van der Waals surface area contributed by atoms with Crippen LogP contribution >= 0.6 is 0 Å². The van der Waals surface area contributed by atoms with Crippen molar-refractivity contribution in [1.29, 1.82) is 0 Å². The fourth-order valence-corrected chi connectivity index (χ4v) is 3.52. The van der Waals surface area contributed by atoms with Crippen molar-refractivity contribution in [2.75, 3.05) is 16.8 Å². The number of carbonyl (C=O) groups excluding carboxylic acids is 1. The Balaban J connectivity index is 1.53. The summed E-state index contributed by atoms with van der Waals surface area (Å²) in [6.45, 7) is 3.32. The number of nitrogens with one attached hydrogen (secondary N) is 2. The lowest BCUT2D eigenvalue weighted by molar-refractivity contribution is -0.158. The number of hydrogen-bond acceptors (Lipinski definition) is 6. The molecule has 0 bridgehead atoms. The zero-order chi connectivity index (χ0) is 24.1. The summed E-state index contributed by atoms with van der Waals surface area (Å²) in [5.74, 6) is -2.62. The summed E-state index contributed by atoms with van der Waals surface area (Å²) in [7, 11) is 0. The molecule has 1 aromatic carbocycles. The van der Waals surface area contributed by atoms with E-state index in [0.717, 1.165) is 6.07 Å². The Morgan fingerprint density at radius 1 is 1.27 bits per heavy atom. The quantitative estimate of drug-likeness (QED) is 0.500. The van der Waals surface area contributed by atoms with E-state index >= 15 is 0 Å². The molecule has 3 heterocycles. The van der Waals surface area contributed by atoms with Crippen LogP contribution in [0.3, 0.4) is 0 Å². The summed E-state index contributed by atoms with van der Waals surface area (Å²) in [6.07, 6.45) is -3.11. The number of nitrogens with zero attached hydrogens (tertiary/aromatic N) is 3. The molecule has 0 radical (unpaired) electrons. The molecule has 8 nitrogen and oxygen atoms in total. The number of aryl methyl sites for hydroxylation is 1. The van der Waals surface area contributed by atoms with Gasteiger partial charge in [0.05, 0.1) is 30.2 Å². The molecule has 13 heteroatoms. The van der Waals surface area contributed by atoms with Crippen LogP contribution in [0, 0.1) is 18.6 Å². The number of furan rings is 1. The number of aliphatic hydroxyl groups excluding tert-OH is 1. The number of halogens is 5. The van der Waals surface area contributed by atoms with E-state index < -0.39 is 47.3 Å². The number of rotatable bonds is 4. The lowest BCUT2D eigenvalue weighted by Crippen LogP contribution is -2.59. The number of amides is 2. The second kappa shape index (κ2) is 8.14. The zero-order valence-electron chi connectivity index (χ0n) is 17.2. The van der Waals surface area contributed by atoms with E-state index in [0.29, 0.717) is 18.6 Å². The average molecular weight is 471 g/mol. The maximum atomic E-state index is 14.0. The molecule has 33 heavy (non-hydrogen) atoms. The highest BCUT2D eigenvalue weighted by molar-refractivity contribution is 5.89. The van der Waals surface area contributed by atoms with Crippen LogP contribution in [0.15, 0.2) is 28.9 Å². The Morgan fingerprint density at radius 3 is 2.52 bits per heavy atom. The minimum Gasteiger partial charge on any atom is -0.455 e. The predicted octanol–water partition coefficient (Wildman–Crippen LogP) is 3.80. The maximum absolute atomic E-state index is 14.0. The van der Waals surface area contributed by atoms with Crippen LogP contribution in [0.2, 0.25) is 0 Å². The third-order valence-corrected chi connectivity index (χ3v) is 5.44. The number of benzene rings is 1. The summed E-state index contributed by atoms with van der Waals surface area (Å²) in [6, 6.07) is -2.72. The highest BCUT2D eigenvalue weighted by Crippen LogP contribution is 2.39. The zero-order valence-corrected chi connectivity index (χ0v) is 17.2. The van der Waals surface area contributed by atoms with E-state index in [2.05, 4.69) is 15.3 Å². The molecule has 0 saturated carbocycles. The summed E-state index contributed by atoms with van der Waals surface area (Å²) in [5.41, 5.74) is -0.695. The van der Waals surface area contributed by atoms with Crippen molar-refractivity contribution in [3.8, 4) is 0 Å². The number of alkyl halides is 3. The SMILES string of the molecule is Cc1c([C@H](NC(=O)Nc2cnc(N3C[C@H](O)[C@H]3C)nc2)C(F)(F)F)oc2c(F)cc(F)cc12. The normalized spacial score (nSPS) is 19.3. The van der Waals surface area contributed by atoms with Gasteiger partial charge >= 0.3 is 12.2 Å². The first-order valence-electron chi connectivity index (χ1n) is 9.74. The molecule has 0 spiro atoms. The number of carbonyl (C=O) groups is 1. The first-order valence-corrected chi connectivity index (χ1v) is 9.74. The first-order chi connectivity index (χ1) is 15.5. The smallest absolute Gasteiger partial charge is 0.416 e. The van der Waals surface area contributed by atoms with Crippen molar-refractivity contribution >= 4 is 28.6 Å². The fraction of sp³-hybridized carbons (Fsp3) is 0.350. The second-order valence-corrected chi connectivity index (χ2v) is 7.66. The summed E-state index contributed by atoms with van der Waals surface area (Å²) >= 11 is 0. The Kier molecular flexibility index (Phi) is 5.60. The standard InChI is InChI=1S/C20H18F5N5O3/c1-8-12-3-10(21)4-13(22)16(12)33-15(8)17(20(23,24)25)29-19(32)28-11-5-26-18(27-6-11)30-7-14(31)9(30)2/h3-6,9,14,17,31H,7H2,1-2H3,(H2,28,29,32)/t9-,14+,17+/m1/s1. The van der Waals surface area contributed by atoms with E-state index in [1.165, 1.54) is 19.3 Å². The van der Waals surface area contributed by atoms with Gasteiger partial charge in [-0.1, -0.05) is 0 Å². The first kappa shape index (κ1) is 22.7. The average Bonchev–Trinajstić information content (AvgIpc) is 3.06. The van der Waals surface area contributed by atoms with E-state index in [1.54, 1.807) is 17.1 Å². The molecule has 3 N–H and O–H groups in total. The van der Waals surface area contributed by atoms with E-state index in [9.17, 15) is 31.9 Å². The molecule has 1 aliphatic heterocycles. The minimum atomic E-state index is -5.00. The van der Waals surface area contributed by atoms with Crippen molar-refractivity contribution in [3.05, 3.63) is 47.5 Å². The molecule has 2 aromatic heterocycles. The number of anilines is 2. The van der Waals surface area contributed by atoms with E-state index in [1.807, 2.05) is 0 Å². The second-order valence-electron chi connectivity index (χ2n) is 7.66. The number of aromatic nitrogens is 2. The molecule has 0 unspecified atom stereocenters. The third kappa shape index (κ3) is 4.27. The highest BCUT2D eigenvalue weighted by Gasteiger charge is 2.45. The summed E-state index contributed by atoms with van der Waals surface area (Å²) in [5, 5.41) is 13.3. The van der Waals surface area contributed by atoms with Gasteiger partial charge in [-0.3, -0.25) is 0 Å². The molecule has 0 aliphatic carbocycles. The molecule has 2 amide bonds. The summed E-state index contributed by atoms with van der Waals surface area (Å²) in [4.78, 5) is 22.0. The Morgan fingerprint density at radius 2 is 1.94 bits per heavy atom. The van der Waals surface area contributed by atoms with Gasteiger partial charge in [-0.15, -0.1) is 0 Å². The third-order valence-electron chi connectivity index (χ3n) is 5.44. The number of β-amino-alcohol motifs (C(OH)–C–C–N with tert-alkyl or cyclic N) is 1. The molecule has 1 aliphatic rings. The predicted molar refractivity (Wildman–Crippen MR) is 107 cm³/mol. The van der Waals surface area contributed by atoms with E-state index in [-0.39, 0.29) is 22.7 Å². The molecule has 176 valence electrons. The van der Waals surface area contributed by atoms with Crippen molar-refractivity contribution in [3.63, 3.8) is 0 Å². The molecular weight excluding hydrogens is 453 g/mol. The topological polar surface area (TPSA) is 104 Å². The summed E-state index contributed by atoms with van der Waals surface area (Å²) < 4.78 is 73.7. The molecule has 1 fully saturated rings. The molecule has 3 aromatic rings. The van der Waals surface area contributed by atoms with Crippen LogP contribution < -0.4 is 15.5 Å². The van der Waals surface area contributed by atoms with Gasteiger partial charge < -0.3 is 25.1 Å². The molecule has 4 rings (SSSR count). The van der Waals surface area contributed by atoms with Crippen LogP contribution in [0.4, 0.5) is 38.4 Å². The van der Waals surface area contributed by atoms with Crippen LogP contribution in [0.1, 0.15) is 24.3 Å². The Labute approximate surface area is 183 Å². The van der Waals surface area contributed by atoms with Gasteiger partial charge in [0.25, 0.3) is 0 Å².